The number of anilines is 1. The molecular weight excluding hydrogens is 276 g/mol. The number of rotatable bonds is 7. The third-order valence-electron chi connectivity index (χ3n) is 3.18. The summed E-state index contributed by atoms with van der Waals surface area (Å²) in [6, 6.07) is 9.01. The van der Waals surface area contributed by atoms with Crippen LogP contribution in [0.4, 0.5) is 5.69 Å². The van der Waals surface area contributed by atoms with Crippen molar-refractivity contribution in [1.29, 1.82) is 0 Å². The van der Waals surface area contributed by atoms with Gasteiger partial charge in [0.25, 0.3) is 0 Å². The monoisotopic (exact) mass is 298 g/mol. The SMILES string of the molecule is CCC(CC)N(C)CCNc1cccc(Br)c1. The van der Waals surface area contributed by atoms with Gasteiger partial charge in [0, 0.05) is 29.3 Å². The third-order valence-corrected chi connectivity index (χ3v) is 3.68. The van der Waals surface area contributed by atoms with E-state index in [-0.39, 0.29) is 0 Å². The lowest BCUT2D eigenvalue weighted by atomic mass is 10.1. The van der Waals surface area contributed by atoms with Gasteiger partial charge in [-0.3, -0.25) is 0 Å². The van der Waals surface area contributed by atoms with Gasteiger partial charge in [-0.1, -0.05) is 35.8 Å². The lowest BCUT2D eigenvalue weighted by molar-refractivity contribution is 0.238. The van der Waals surface area contributed by atoms with E-state index in [0.29, 0.717) is 6.04 Å². The van der Waals surface area contributed by atoms with Crippen LogP contribution in [-0.4, -0.2) is 31.1 Å². The van der Waals surface area contributed by atoms with E-state index in [1.807, 2.05) is 6.07 Å². The molecule has 0 spiro atoms. The molecule has 1 aromatic carbocycles. The van der Waals surface area contributed by atoms with Crippen LogP contribution >= 0.6 is 15.9 Å². The summed E-state index contributed by atoms with van der Waals surface area (Å²) >= 11 is 3.48. The molecule has 2 nitrogen and oxygen atoms in total. The molecule has 1 N–H and O–H groups in total. The number of nitrogens with one attached hydrogen (secondary N) is 1. The molecule has 0 heterocycles. The number of halogens is 1. The Morgan fingerprint density at radius 2 is 2.00 bits per heavy atom. The molecule has 0 aliphatic rings. The number of nitrogens with zero attached hydrogens (tertiary/aromatic N) is 1. The van der Waals surface area contributed by atoms with Crippen LogP contribution in [0.25, 0.3) is 0 Å². The second-order valence-corrected chi connectivity index (χ2v) is 5.30. The Hall–Kier alpha value is -0.540. The Labute approximate surface area is 114 Å². The minimum absolute atomic E-state index is 0.708. The molecule has 0 amide bonds. The summed E-state index contributed by atoms with van der Waals surface area (Å²) in [5.74, 6) is 0. The van der Waals surface area contributed by atoms with E-state index in [2.05, 4.69) is 65.2 Å². The zero-order valence-corrected chi connectivity index (χ0v) is 12.6. The molecule has 0 aliphatic heterocycles. The Kier molecular flexibility index (Phi) is 6.60. The summed E-state index contributed by atoms with van der Waals surface area (Å²) in [5, 5.41) is 3.45. The largest absolute Gasteiger partial charge is 0.384 e. The van der Waals surface area contributed by atoms with Crippen LogP contribution in [-0.2, 0) is 0 Å². The van der Waals surface area contributed by atoms with Gasteiger partial charge >= 0.3 is 0 Å². The maximum Gasteiger partial charge on any atom is 0.0351 e. The molecular formula is C14H23BrN2. The van der Waals surface area contributed by atoms with Crippen LogP contribution in [0.1, 0.15) is 26.7 Å². The summed E-state index contributed by atoms with van der Waals surface area (Å²) in [4.78, 5) is 2.44. The lowest BCUT2D eigenvalue weighted by Crippen LogP contribution is -2.34. The molecule has 0 fully saturated rings. The molecule has 0 saturated carbocycles. The first-order chi connectivity index (χ1) is 8.17. The first kappa shape index (κ1) is 14.5. The highest BCUT2D eigenvalue weighted by Gasteiger charge is 2.09. The van der Waals surface area contributed by atoms with Crippen LogP contribution in [0.2, 0.25) is 0 Å². The van der Waals surface area contributed by atoms with Crippen molar-refractivity contribution in [1.82, 2.24) is 4.90 Å². The lowest BCUT2D eigenvalue weighted by Gasteiger charge is -2.26. The average molecular weight is 299 g/mol. The smallest absolute Gasteiger partial charge is 0.0351 e. The predicted octanol–water partition coefficient (Wildman–Crippen LogP) is 3.98. The summed E-state index contributed by atoms with van der Waals surface area (Å²) in [6.07, 6.45) is 2.45. The van der Waals surface area contributed by atoms with Crippen molar-refractivity contribution in [3.05, 3.63) is 28.7 Å². The van der Waals surface area contributed by atoms with Crippen LogP contribution < -0.4 is 5.32 Å². The molecule has 1 rings (SSSR count). The van der Waals surface area contributed by atoms with Crippen molar-refractivity contribution in [2.75, 3.05) is 25.5 Å². The fourth-order valence-electron chi connectivity index (χ4n) is 2.07. The van der Waals surface area contributed by atoms with Gasteiger partial charge < -0.3 is 10.2 Å². The molecule has 0 aromatic heterocycles. The van der Waals surface area contributed by atoms with E-state index in [9.17, 15) is 0 Å². The van der Waals surface area contributed by atoms with Gasteiger partial charge in [0.05, 0.1) is 0 Å². The number of hydrogen-bond donors (Lipinski definition) is 1. The summed E-state index contributed by atoms with van der Waals surface area (Å²) in [5.41, 5.74) is 1.18. The molecule has 96 valence electrons. The van der Waals surface area contributed by atoms with E-state index in [1.54, 1.807) is 0 Å². The number of likely N-dealkylation sites (N-methyl/N-ethyl adjacent to an activating group) is 1. The third kappa shape index (κ3) is 5.09. The Morgan fingerprint density at radius 3 is 2.59 bits per heavy atom. The van der Waals surface area contributed by atoms with Gasteiger partial charge in [0.15, 0.2) is 0 Å². The zero-order chi connectivity index (χ0) is 12.7. The van der Waals surface area contributed by atoms with Gasteiger partial charge in [-0.15, -0.1) is 0 Å². The van der Waals surface area contributed by atoms with Gasteiger partial charge in [0.2, 0.25) is 0 Å². The van der Waals surface area contributed by atoms with Crippen molar-refractivity contribution >= 4 is 21.6 Å². The molecule has 0 aliphatic carbocycles. The first-order valence-electron chi connectivity index (χ1n) is 6.37. The highest BCUT2D eigenvalue weighted by atomic mass is 79.9. The summed E-state index contributed by atoms with van der Waals surface area (Å²) in [7, 11) is 2.21. The maximum absolute atomic E-state index is 3.48. The van der Waals surface area contributed by atoms with E-state index in [4.69, 9.17) is 0 Å². The number of hydrogen-bond acceptors (Lipinski definition) is 2. The van der Waals surface area contributed by atoms with Gasteiger partial charge in [-0.05, 0) is 38.1 Å². The van der Waals surface area contributed by atoms with E-state index >= 15 is 0 Å². The van der Waals surface area contributed by atoms with Gasteiger partial charge in [-0.2, -0.15) is 0 Å². The molecule has 3 heteroatoms. The second-order valence-electron chi connectivity index (χ2n) is 4.39. The van der Waals surface area contributed by atoms with Crippen LogP contribution in [0.5, 0.6) is 0 Å². The molecule has 0 atom stereocenters. The van der Waals surface area contributed by atoms with Crippen LogP contribution in [0, 0.1) is 0 Å². The molecule has 0 saturated heterocycles. The van der Waals surface area contributed by atoms with E-state index in [1.165, 1.54) is 18.5 Å². The van der Waals surface area contributed by atoms with Crippen molar-refractivity contribution in [2.24, 2.45) is 0 Å². The highest BCUT2D eigenvalue weighted by molar-refractivity contribution is 9.10. The minimum Gasteiger partial charge on any atom is -0.384 e. The Balaban J connectivity index is 2.32. The molecule has 0 radical (unpaired) electrons. The Morgan fingerprint density at radius 1 is 1.29 bits per heavy atom. The minimum atomic E-state index is 0.708. The van der Waals surface area contributed by atoms with E-state index in [0.717, 1.165) is 17.6 Å². The van der Waals surface area contributed by atoms with Crippen molar-refractivity contribution < 1.29 is 0 Å². The predicted molar refractivity (Wildman–Crippen MR) is 79.6 cm³/mol. The molecule has 0 bridgehead atoms. The molecule has 1 aromatic rings. The van der Waals surface area contributed by atoms with Crippen molar-refractivity contribution in [2.45, 2.75) is 32.7 Å². The normalized spacial score (nSPS) is 11.2. The first-order valence-corrected chi connectivity index (χ1v) is 7.16. The fraction of sp³-hybridized carbons (Fsp3) is 0.571. The molecule has 17 heavy (non-hydrogen) atoms. The maximum atomic E-state index is 3.48. The quantitative estimate of drug-likeness (QED) is 0.819. The van der Waals surface area contributed by atoms with Gasteiger partial charge in [0.1, 0.15) is 0 Å². The summed E-state index contributed by atoms with van der Waals surface area (Å²) < 4.78 is 1.12. The number of benzene rings is 1. The van der Waals surface area contributed by atoms with Crippen LogP contribution in [0.15, 0.2) is 28.7 Å². The fourth-order valence-corrected chi connectivity index (χ4v) is 2.47. The standard InChI is InChI=1S/C14H23BrN2/c1-4-14(5-2)17(3)10-9-16-13-8-6-7-12(15)11-13/h6-8,11,14,16H,4-5,9-10H2,1-3H3. The highest BCUT2D eigenvalue weighted by Crippen LogP contribution is 2.15. The summed E-state index contributed by atoms with van der Waals surface area (Å²) in [6.45, 7) is 6.58. The van der Waals surface area contributed by atoms with Crippen LogP contribution in [0.3, 0.4) is 0 Å². The van der Waals surface area contributed by atoms with E-state index < -0.39 is 0 Å². The van der Waals surface area contributed by atoms with Gasteiger partial charge in [-0.25, -0.2) is 0 Å². The molecule has 0 unspecified atom stereocenters. The zero-order valence-electron chi connectivity index (χ0n) is 11.0. The average Bonchev–Trinajstić information content (AvgIpc) is 2.30. The van der Waals surface area contributed by atoms with Crippen molar-refractivity contribution in [3.8, 4) is 0 Å². The Bertz CT molecular complexity index is 324. The second kappa shape index (κ2) is 7.72. The van der Waals surface area contributed by atoms with Crippen molar-refractivity contribution in [3.63, 3.8) is 0 Å². The topological polar surface area (TPSA) is 15.3 Å².